The minimum Gasteiger partial charge on any atom is -0.493 e. The van der Waals surface area contributed by atoms with E-state index in [2.05, 4.69) is 15.9 Å². The minimum absolute atomic E-state index is 0.0272. The fraction of sp³-hybridized carbons (Fsp3) is 0.115. The van der Waals surface area contributed by atoms with Crippen LogP contribution in [0.4, 0.5) is 11.4 Å². The average molecular weight is 505 g/mol. The van der Waals surface area contributed by atoms with Crippen LogP contribution < -0.4 is 9.64 Å². The van der Waals surface area contributed by atoms with Gasteiger partial charge in [0.2, 0.25) is 0 Å². The van der Waals surface area contributed by atoms with Crippen LogP contribution in [0.2, 0.25) is 0 Å². The number of nitro groups is 1. The molecule has 0 aliphatic carbocycles. The maximum Gasteiger partial charge on any atom is 0.274 e. The van der Waals surface area contributed by atoms with Crippen molar-refractivity contribution in [2.75, 3.05) is 11.5 Å². The summed E-state index contributed by atoms with van der Waals surface area (Å²) in [6.07, 6.45) is 3.61. The molecule has 6 nitrogen and oxygen atoms in total. The first-order valence-corrected chi connectivity index (χ1v) is 11.2. The Bertz CT molecular complexity index is 1300. The quantitative estimate of drug-likeness (QED) is 0.217. The fourth-order valence-electron chi connectivity index (χ4n) is 3.69. The van der Waals surface area contributed by atoms with Crippen molar-refractivity contribution < 1.29 is 14.5 Å². The van der Waals surface area contributed by atoms with Gasteiger partial charge in [-0.2, -0.15) is 0 Å². The Hall–Kier alpha value is -3.71. The van der Waals surface area contributed by atoms with Crippen molar-refractivity contribution >= 4 is 45.0 Å². The summed E-state index contributed by atoms with van der Waals surface area (Å²) in [5, 5.41) is 11.5. The first-order valence-electron chi connectivity index (χ1n) is 10.4. The van der Waals surface area contributed by atoms with Gasteiger partial charge in [-0.05, 0) is 71.3 Å². The Labute approximate surface area is 200 Å². The number of carbonyl (C=O) groups is 1. The molecular weight excluding hydrogens is 484 g/mol. The zero-order chi connectivity index (χ0) is 23.5. The molecule has 4 rings (SSSR count). The summed E-state index contributed by atoms with van der Waals surface area (Å²) >= 11 is 3.51. The topological polar surface area (TPSA) is 72.7 Å². The molecule has 3 aromatic rings. The van der Waals surface area contributed by atoms with Crippen LogP contribution in [0.1, 0.15) is 23.6 Å². The van der Waals surface area contributed by atoms with Gasteiger partial charge in [-0.15, -0.1) is 0 Å². The van der Waals surface area contributed by atoms with Crippen LogP contribution in [0.15, 0.2) is 82.9 Å². The number of anilines is 1. The van der Waals surface area contributed by atoms with Crippen LogP contribution in [0.25, 0.3) is 11.8 Å². The molecule has 1 aliphatic rings. The number of nitrogens with zero attached hydrogens (tertiary/aromatic N) is 2. The predicted molar refractivity (Wildman–Crippen MR) is 133 cm³/mol. The van der Waals surface area contributed by atoms with E-state index in [1.165, 1.54) is 11.0 Å². The Kier molecular flexibility index (Phi) is 6.42. The van der Waals surface area contributed by atoms with E-state index >= 15 is 0 Å². The van der Waals surface area contributed by atoms with Crippen molar-refractivity contribution in [2.45, 2.75) is 13.8 Å². The van der Waals surface area contributed by atoms with E-state index in [0.717, 1.165) is 21.3 Å². The maximum absolute atomic E-state index is 13.5. The molecule has 0 N–H and O–H groups in total. The van der Waals surface area contributed by atoms with Gasteiger partial charge >= 0.3 is 0 Å². The van der Waals surface area contributed by atoms with Gasteiger partial charge in [-0.25, -0.2) is 0 Å². The molecule has 0 fully saturated rings. The first-order chi connectivity index (χ1) is 15.9. The number of hydrogen-bond donors (Lipinski definition) is 0. The molecule has 7 heteroatoms. The van der Waals surface area contributed by atoms with E-state index in [1.807, 2.05) is 61.5 Å². The van der Waals surface area contributed by atoms with E-state index in [1.54, 1.807) is 25.1 Å². The second kappa shape index (κ2) is 9.42. The third-order valence-corrected chi connectivity index (χ3v) is 5.90. The monoisotopic (exact) mass is 504 g/mol. The van der Waals surface area contributed by atoms with Gasteiger partial charge in [0.15, 0.2) is 0 Å². The zero-order valence-electron chi connectivity index (χ0n) is 18.1. The maximum atomic E-state index is 13.5. The first kappa shape index (κ1) is 22.5. The highest BCUT2D eigenvalue weighted by Gasteiger charge is 2.31. The highest BCUT2D eigenvalue weighted by Crippen LogP contribution is 2.37. The molecule has 0 radical (unpaired) electrons. The van der Waals surface area contributed by atoms with E-state index in [9.17, 15) is 14.9 Å². The molecule has 3 aromatic carbocycles. The Morgan fingerprint density at radius 3 is 2.52 bits per heavy atom. The third kappa shape index (κ3) is 4.59. The van der Waals surface area contributed by atoms with Gasteiger partial charge in [0, 0.05) is 17.2 Å². The summed E-state index contributed by atoms with van der Waals surface area (Å²) in [5.74, 6) is 0.475. The number of halogens is 1. The molecule has 1 aliphatic heterocycles. The lowest BCUT2D eigenvalue weighted by atomic mass is 10.1. The number of hydrogen-bond acceptors (Lipinski definition) is 4. The second-order valence-electron chi connectivity index (χ2n) is 7.49. The summed E-state index contributed by atoms with van der Waals surface area (Å²) in [6.45, 7) is 4.15. The molecule has 0 atom stereocenters. The molecule has 1 amide bonds. The largest absolute Gasteiger partial charge is 0.493 e. The van der Waals surface area contributed by atoms with Gasteiger partial charge in [0.05, 0.1) is 27.4 Å². The normalized spacial score (nSPS) is 14.5. The smallest absolute Gasteiger partial charge is 0.274 e. The lowest BCUT2D eigenvalue weighted by Gasteiger charge is -2.21. The number of ether oxygens (including phenoxy) is 1. The summed E-state index contributed by atoms with van der Waals surface area (Å²) in [6, 6.07) is 20.0. The fourth-order valence-corrected chi connectivity index (χ4v) is 4.20. The molecule has 33 heavy (non-hydrogen) atoms. The Balaban J connectivity index is 1.80. The Morgan fingerprint density at radius 1 is 1.09 bits per heavy atom. The molecular formula is C26H21BrN2O4. The van der Waals surface area contributed by atoms with E-state index in [0.29, 0.717) is 29.1 Å². The molecule has 1 heterocycles. The van der Waals surface area contributed by atoms with Gasteiger partial charge in [-0.3, -0.25) is 19.8 Å². The van der Waals surface area contributed by atoms with Crippen LogP contribution >= 0.6 is 15.9 Å². The number of rotatable bonds is 6. The summed E-state index contributed by atoms with van der Waals surface area (Å²) in [5.41, 5.74) is 3.77. The molecule has 166 valence electrons. The summed E-state index contributed by atoms with van der Waals surface area (Å²) < 4.78 is 6.36. The van der Waals surface area contributed by atoms with Gasteiger partial charge in [0.25, 0.3) is 11.6 Å². The zero-order valence-corrected chi connectivity index (χ0v) is 19.7. The lowest BCUT2D eigenvalue weighted by molar-refractivity contribution is -0.385. The number of nitro benzene ring substituents is 1. The predicted octanol–water partition coefficient (Wildman–Crippen LogP) is 6.54. The van der Waals surface area contributed by atoms with Gasteiger partial charge in [0.1, 0.15) is 5.75 Å². The van der Waals surface area contributed by atoms with E-state index < -0.39 is 4.92 Å². The van der Waals surface area contributed by atoms with Crippen molar-refractivity contribution in [3.8, 4) is 5.75 Å². The highest BCUT2D eigenvalue weighted by molar-refractivity contribution is 9.10. The van der Waals surface area contributed by atoms with Crippen molar-refractivity contribution in [3.05, 3.63) is 110 Å². The molecule has 0 aromatic heterocycles. The number of carbonyl (C=O) groups excluding carboxylic acids is 1. The second-order valence-corrected chi connectivity index (χ2v) is 8.34. The van der Waals surface area contributed by atoms with Crippen LogP contribution in [-0.4, -0.2) is 17.4 Å². The molecule has 0 bridgehead atoms. The molecule has 0 spiro atoms. The minimum atomic E-state index is -0.431. The van der Waals surface area contributed by atoms with Gasteiger partial charge in [-0.1, -0.05) is 42.5 Å². The van der Waals surface area contributed by atoms with Crippen LogP contribution in [0, 0.1) is 17.0 Å². The van der Waals surface area contributed by atoms with Crippen molar-refractivity contribution in [3.63, 3.8) is 0 Å². The lowest BCUT2D eigenvalue weighted by Crippen LogP contribution is -2.25. The molecule has 0 saturated carbocycles. The van der Waals surface area contributed by atoms with E-state index in [4.69, 9.17) is 4.74 Å². The van der Waals surface area contributed by atoms with Crippen LogP contribution in [0.5, 0.6) is 5.75 Å². The molecule has 0 saturated heterocycles. The van der Waals surface area contributed by atoms with Crippen molar-refractivity contribution in [1.82, 2.24) is 0 Å². The standard InChI is InChI=1S/C26H21BrN2O4/c1-3-33-25-12-10-18(14-22(25)27)13-20-15-24(19-7-5-4-6-8-19)28(26(20)30)21-11-9-17(2)23(16-21)29(31)32/h4-16H,3H2,1-2H3/b20-13+. The summed E-state index contributed by atoms with van der Waals surface area (Å²) in [7, 11) is 0. The van der Waals surface area contributed by atoms with Crippen LogP contribution in [0.3, 0.4) is 0 Å². The van der Waals surface area contributed by atoms with Gasteiger partial charge < -0.3 is 4.74 Å². The highest BCUT2D eigenvalue weighted by atomic mass is 79.9. The third-order valence-electron chi connectivity index (χ3n) is 5.28. The number of benzene rings is 3. The molecule has 0 unspecified atom stereocenters. The van der Waals surface area contributed by atoms with E-state index in [-0.39, 0.29) is 11.6 Å². The van der Waals surface area contributed by atoms with Crippen molar-refractivity contribution in [2.24, 2.45) is 0 Å². The number of aryl methyl sites for hydroxylation is 1. The average Bonchev–Trinajstić information content (AvgIpc) is 3.12. The Morgan fingerprint density at radius 2 is 1.85 bits per heavy atom. The number of amides is 1. The summed E-state index contributed by atoms with van der Waals surface area (Å²) in [4.78, 5) is 26.1. The van der Waals surface area contributed by atoms with Crippen LogP contribution in [-0.2, 0) is 4.79 Å². The van der Waals surface area contributed by atoms with Crippen molar-refractivity contribution in [1.29, 1.82) is 0 Å². The SMILES string of the molecule is CCOc1ccc(/C=C2\C=C(c3ccccc3)N(c3ccc(C)c([N+](=O)[O-])c3)C2=O)cc1Br.